The molecule has 39 heavy (non-hydrogen) atoms. The minimum absolute atomic E-state index is 0.111. The van der Waals surface area contributed by atoms with Crippen LogP contribution in [-0.4, -0.2) is 39.6 Å². The van der Waals surface area contributed by atoms with Crippen molar-refractivity contribution >= 4 is 16.7 Å². The number of aryl methyl sites for hydroxylation is 1. The molecule has 2 aromatic heterocycles. The molecule has 0 aliphatic carbocycles. The molecule has 1 saturated heterocycles. The first-order valence-corrected chi connectivity index (χ1v) is 12.4. The number of rotatable bonds is 4. The number of piperazine rings is 1. The number of anilines is 1. The normalized spacial score (nSPS) is 17.9. The number of hydrogen-bond donors (Lipinski definition) is 0. The van der Waals surface area contributed by atoms with Gasteiger partial charge in [-0.2, -0.15) is 5.26 Å². The monoisotopic (exact) mass is 535 g/mol. The minimum Gasteiger partial charge on any atom is -0.364 e. The fraction of sp³-hybridized carbons (Fsp3) is 0.276. The molecule has 0 radical (unpaired) electrons. The van der Waals surface area contributed by atoms with Crippen LogP contribution in [-0.2, 0) is 13.6 Å². The summed E-state index contributed by atoms with van der Waals surface area (Å²) in [4.78, 5) is 21.1. The summed E-state index contributed by atoms with van der Waals surface area (Å²) in [6, 6.07) is 11.7. The van der Waals surface area contributed by atoms with Crippen molar-refractivity contribution in [2.45, 2.75) is 32.5 Å². The maximum absolute atomic E-state index is 15.5. The predicted molar refractivity (Wildman–Crippen MR) is 140 cm³/mol. The van der Waals surface area contributed by atoms with E-state index in [1.54, 1.807) is 19.2 Å². The Hall–Kier alpha value is -4.23. The molecule has 0 saturated carbocycles. The van der Waals surface area contributed by atoms with Crippen molar-refractivity contribution in [2.24, 2.45) is 7.05 Å². The highest BCUT2D eigenvalue weighted by Crippen LogP contribution is 2.33. The molecule has 3 heterocycles. The lowest BCUT2D eigenvalue weighted by molar-refractivity contribution is 0.154. The van der Waals surface area contributed by atoms with Gasteiger partial charge < -0.3 is 9.47 Å². The molecule has 2 aromatic carbocycles. The lowest BCUT2D eigenvalue weighted by Gasteiger charge is -2.45. The number of nitrogens with zero attached hydrogens (tertiary/aromatic N) is 5. The van der Waals surface area contributed by atoms with E-state index in [0.717, 1.165) is 12.1 Å². The maximum atomic E-state index is 15.5. The van der Waals surface area contributed by atoms with Crippen molar-refractivity contribution in [3.8, 4) is 17.2 Å². The van der Waals surface area contributed by atoms with Gasteiger partial charge in [0.2, 0.25) is 0 Å². The van der Waals surface area contributed by atoms with E-state index >= 15 is 4.39 Å². The fourth-order valence-electron chi connectivity index (χ4n) is 5.21. The molecule has 4 aromatic rings. The Bertz CT molecular complexity index is 1680. The van der Waals surface area contributed by atoms with E-state index in [1.165, 1.54) is 22.8 Å². The van der Waals surface area contributed by atoms with Gasteiger partial charge in [0.25, 0.3) is 5.56 Å². The number of nitriles is 1. The molecule has 0 amide bonds. The molecule has 5 rings (SSSR count). The Morgan fingerprint density at radius 2 is 1.69 bits per heavy atom. The predicted octanol–water partition coefficient (Wildman–Crippen LogP) is 5.13. The molecular formula is C29H25F4N5O. The van der Waals surface area contributed by atoms with Crippen molar-refractivity contribution in [3.63, 3.8) is 0 Å². The highest BCUT2D eigenvalue weighted by molar-refractivity contribution is 5.89. The average molecular weight is 536 g/mol. The van der Waals surface area contributed by atoms with Gasteiger partial charge in [0, 0.05) is 56.5 Å². The van der Waals surface area contributed by atoms with Gasteiger partial charge in [0.05, 0.1) is 16.8 Å². The van der Waals surface area contributed by atoms with Crippen LogP contribution in [0.5, 0.6) is 0 Å². The smallest absolute Gasteiger partial charge is 0.252 e. The molecule has 200 valence electrons. The fourth-order valence-corrected chi connectivity index (χ4v) is 5.21. The summed E-state index contributed by atoms with van der Waals surface area (Å²) in [6.07, 6.45) is 0. The van der Waals surface area contributed by atoms with Gasteiger partial charge in [-0.3, -0.25) is 9.69 Å². The second kappa shape index (κ2) is 10.2. The Morgan fingerprint density at radius 1 is 0.974 bits per heavy atom. The van der Waals surface area contributed by atoms with Gasteiger partial charge in [-0.1, -0.05) is 12.1 Å². The lowest BCUT2D eigenvalue weighted by Crippen LogP contribution is -2.56. The molecule has 0 bridgehead atoms. The number of fused-ring (bicyclic) bond motifs is 1. The van der Waals surface area contributed by atoms with Crippen LogP contribution < -0.4 is 10.5 Å². The molecule has 1 aliphatic heterocycles. The van der Waals surface area contributed by atoms with E-state index in [-0.39, 0.29) is 41.0 Å². The Labute approximate surface area is 222 Å². The quantitative estimate of drug-likeness (QED) is 0.339. The van der Waals surface area contributed by atoms with Crippen LogP contribution >= 0.6 is 0 Å². The Kier molecular flexibility index (Phi) is 6.87. The van der Waals surface area contributed by atoms with Crippen LogP contribution in [0.4, 0.5) is 23.2 Å². The van der Waals surface area contributed by atoms with Crippen molar-refractivity contribution in [2.75, 3.05) is 18.0 Å². The minimum atomic E-state index is -1.06. The largest absolute Gasteiger partial charge is 0.364 e. The summed E-state index contributed by atoms with van der Waals surface area (Å²) in [5, 5.41) is 9.35. The zero-order valence-corrected chi connectivity index (χ0v) is 21.6. The molecule has 0 unspecified atom stereocenters. The molecule has 2 atom stereocenters. The van der Waals surface area contributed by atoms with Crippen molar-refractivity contribution in [1.29, 1.82) is 5.26 Å². The zero-order chi connectivity index (χ0) is 28.0. The highest BCUT2D eigenvalue weighted by atomic mass is 19.1. The SMILES string of the molecule is C[C@@H]1CN(c2cc(=O)n(C)c3ccc(C#N)nc23)[C@@H](C)CN1Cc1c(F)cc(F)c(-c2ccc(F)cc2)c1F. The van der Waals surface area contributed by atoms with Gasteiger partial charge in [0.15, 0.2) is 0 Å². The molecular weight excluding hydrogens is 510 g/mol. The summed E-state index contributed by atoms with van der Waals surface area (Å²) in [5.41, 5.74) is 1.11. The van der Waals surface area contributed by atoms with Crippen LogP contribution in [0.25, 0.3) is 22.2 Å². The first kappa shape index (κ1) is 26.4. The zero-order valence-electron chi connectivity index (χ0n) is 21.6. The van der Waals surface area contributed by atoms with E-state index in [4.69, 9.17) is 0 Å². The summed E-state index contributed by atoms with van der Waals surface area (Å²) in [7, 11) is 1.64. The third-order valence-electron chi connectivity index (χ3n) is 7.37. The van der Waals surface area contributed by atoms with E-state index in [9.17, 15) is 23.2 Å². The number of aromatic nitrogens is 2. The standard InChI is InChI=1S/C29H25F4N5O/c1-16-14-38(25-11-26(39)36(3)24-9-8-20(12-34)35-29(24)25)17(2)13-37(16)15-21-22(31)10-23(32)27(28(21)33)18-4-6-19(30)7-5-18/h4-11,16-17H,13-15H2,1-3H3/t16-,17+/m1/s1. The van der Waals surface area contributed by atoms with Crippen molar-refractivity contribution in [3.05, 3.63) is 93.4 Å². The van der Waals surface area contributed by atoms with Gasteiger partial charge in [-0.15, -0.1) is 0 Å². The summed E-state index contributed by atoms with van der Waals surface area (Å²) in [5.74, 6) is -3.63. The average Bonchev–Trinajstić information content (AvgIpc) is 2.91. The summed E-state index contributed by atoms with van der Waals surface area (Å²) < 4.78 is 59.9. The molecule has 1 fully saturated rings. The maximum Gasteiger partial charge on any atom is 0.252 e. The van der Waals surface area contributed by atoms with E-state index < -0.39 is 28.8 Å². The van der Waals surface area contributed by atoms with Crippen molar-refractivity contribution < 1.29 is 17.6 Å². The molecule has 10 heteroatoms. The summed E-state index contributed by atoms with van der Waals surface area (Å²) >= 11 is 0. The molecule has 6 nitrogen and oxygen atoms in total. The Balaban J connectivity index is 1.47. The number of hydrogen-bond acceptors (Lipinski definition) is 5. The van der Waals surface area contributed by atoms with Gasteiger partial charge in [-0.25, -0.2) is 22.5 Å². The van der Waals surface area contributed by atoms with E-state index in [2.05, 4.69) is 4.98 Å². The molecule has 0 N–H and O–H groups in total. The topological polar surface area (TPSA) is 65.2 Å². The summed E-state index contributed by atoms with van der Waals surface area (Å²) in [6.45, 7) is 4.52. The third kappa shape index (κ3) is 4.74. The Morgan fingerprint density at radius 3 is 2.38 bits per heavy atom. The van der Waals surface area contributed by atoms with Crippen molar-refractivity contribution in [1.82, 2.24) is 14.5 Å². The second-order valence-corrected chi connectivity index (χ2v) is 9.90. The van der Waals surface area contributed by atoms with Gasteiger partial charge in [-0.05, 0) is 43.7 Å². The van der Waals surface area contributed by atoms with Gasteiger partial charge >= 0.3 is 0 Å². The lowest BCUT2D eigenvalue weighted by atomic mass is 9.99. The van der Waals surface area contributed by atoms with Crippen LogP contribution in [0.2, 0.25) is 0 Å². The van der Waals surface area contributed by atoms with Crippen LogP contribution in [0, 0.1) is 34.6 Å². The van der Waals surface area contributed by atoms with E-state index in [1.807, 2.05) is 29.7 Å². The highest BCUT2D eigenvalue weighted by Gasteiger charge is 2.33. The third-order valence-corrected chi connectivity index (χ3v) is 7.37. The first-order chi connectivity index (χ1) is 18.6. The van der Waals surface area contributed by atoms with Crippen LogP contribution in [0.1, 0.15) is 25.1 Å². The molecule has 0 spiro atoms. The number of pyridine rings is 2. The van der Waals surface area contributed by atoms with Crippen LogP contribution in [0.3, 0.4) is 0 Å². The first-order valence-electron chi connectivity index (χ1n) is 12.4. The number of benzene rings is 2. The van der Waals surface area contributed by atoms with Gasteiger partial charge in [0.1, 0.15) is 40.5 Å². The van der Waals surface area contributed by atoms with E-state index in [0.29, 0.717) is 35.9 Å². The second-order valence-electron chi connectivity index (χ2n) is 9.90. The number of halogens is 4. The molecule has 1 aliphatic rings. The van der Waals surface area contributed by atoms with Crippen LogP contribution in [0.15, 0.2) is 53.3 Å².